The molecule has 30 heavy (non-hydrogen) atoms. The summed E-state index contributed by atoms with van der Waals surface area (Å²) in [6.07, 6.45) is 3.62. The quantitative estimate of drug-likeness (QED) is 0.573. The second-order valence-electron chi connectivity index (χ2n) is 6.59. The number of anilines is 2. The van der Waals surface area contributed by atoms with Gasteiger partial charge in [-0.3, -0.25) is 10.1 Å². The Morgan fingerprint density at radius 2 is 2.30 bits per heavy atom. The van der Waals surface area contributed by atoms with Gasteiger partial charge in [0.25, 0.3) is 5.91 Å². The lowest BCUT2D eigenvalue weighted by Gasteiger charge is -2.14. The van der Waals surface area contributed by atoms with Gasteiger partial charge in [0, 0.05) is 31.1 Å². The third-order valence-corrected chi connectivity index (χ3v) is 5.34. The summed E-state index contributed by atoms with van der Waals surface area (Å²) < 4.78 is 17.4. The van der Waals surface area contributed by atoms with E-state index in [9.17, 15) is 9.59 Å². The smallest absolute Gasteiger partial charge is 0.381 e. The van der Waals surface area contributed by atoms with Gasteiger partial charge in [0.15, 0.2) is 5.76 Å². The van der Waals surface area contributed by atoms with Crippen molar-refractivity contribution in [3.8, 4) is 10.9 Å². The van der Waals surface area contributed by atoms with Crippen LogP contribution in [0.4, 0.5) is 10.8 Å². The van der Waals surface area contributed by atoms with Gasteiger partial charge in [-0.2, -0.15) is 5.10 Å². The average Bonchev–Trinajstić information content (AvgIpc) is 3.48. The zero-order valence-corrected chi connectivity index (χ0v) is 17.2. The third-order valence-electron chi connectivity index (χ3n) is 4.53. The maximum absolute atomic E-state index is 12.6. The number of carbonyl (C=O) groups is 1. The number of carbonyl (C=O) groups excluding carboxylic acids is 1. The summed E-state index contributed by atoms with van der Waals surface area (Å²) in [4.78, 5) is 24.9. The first-order valence-electron chi connectivity index (χ1n) is 9.28. The van der Waals surface area contributed by atoms with Gasteiger partial charge in [-0.25, -0.2) is 9.48 Å². The summed E-state index contributed by atoms with van der Waals surface area (Å²) in [5.74, 6) is -0.811. The molecule has 4 rings (SSSR count). The summed E-state index contributed by atoms with van der Waals surface area (Å²) in [6.45, 7) is 3.09. The highest BCUT2D eigenvalue weighted by atomic mass is 32.1. The number of rotatable bonds is 7. The van der Waals surface area contributed by atoms with Gasteiger partial charge in [-0.15, -0.1) is 10.2 Å². The van der Waals surface area contributed by atoms with Crippen LogP contribution in [-0.4, -0.2) is 52.3 Å². The third kappa shape index (κ3) is 4.19. The first kappa shape index (κ1) is 20.0. The first-order valence-corrected chi connectivity index (χ1v) is 10.1. The monoisotopic (exact) mass is 432 g/mol. The highest BCUT2D eigenvalue weighted by Gasteiger charge is 2.21. The summed E-state index contributed by atoms with van der Waals surface area (Å²) in [7, 11) is 1.36. The van der Waals surface area contributed by atoms with Gasteiger partial charge >= 0.3 is 5.63 Å². The van der Waals surface area contributed by atoms with Crippen molar-refractivity contribution in [2.75, 3.05) is 30.9 Å². The first-order chi connectivity index (χ1) is 14.5. The second-order valence-corrected chi connectivity index (χ2v) is 7.55. The number of hydrogen-bond donors (Lipinski definition) is 2. The number of hydrogen-bond acceptors (Lipinski definition) is 10. The molecule has 11 nitrogen and oxygen atoms in total. The number of nitrogens with zero attached hydrogens (tertiary/aromatic N) is 4. The Morgan fingerprint density at radius 3 is 3.00 bits per heavy atom. The maximum Gasteiger partial charge on any atom is 0.381 e. The topological polar surface area (TPSA) is 133 Å². The standard InChI is InChI=1S/C18H20N6O5S/c1-10-5-6-20-24(10)18-23-22-17(30-18)21-15(25)13-8-12(14(27-2)16(26)29-13)19-9-11-4-3-7-28-11/h5-6,8,11,19H,3-4,7,9H2,1-2H3,(H,21,22,25)/t11-/m1/s1. The summed E-state index contributed by atoms with van der Waals surface area (Å²) >= 11 is 1.14. The lowest BCUT2D eigenvalue weighted by molar-refractivity contribution is 0.0991. The van der Waals surface area contributed by atoms with Crippen LogP contribution in [0.3, 0.4) is 0 Å². The molecule has 12 heteroatoms. The second kappa shape index (κ2) is 8.63. The molecule has 0 unspecified atom stereocenters. The molecule has 3 aromatic heterocycles. The van der Waals surface area contributed by atoms with E-state index in [-0.39, 0.29) is 22.7 Å². The lowest BCUT2D eigenvalue weighted by atomic mass is 10.2. The van der Waals surface area contributed by atoms with Crippen molar-refractivity contribution in [2.45, 2.75) is 25.9 Å². The predicted molar refractivity (Wildman–Crippen MR) is 109 cm³/mol. The molecular weight excluding hydrogens is 412 g/mol. The molecule has 1 aliphatic rings. The Morgan fingerprint density at radius 1 is 1.43 bits per heavy atom. The Kier molecular flexibility index (Phi) is 5.77. The van der Waals surface area contributed by atoms with Crippen LogP contribution in [0.15, 0.2) is 27.5 Å². The van der Waals surface area contributed by atoms with E-state index in [0.717, 1.165) is 36.5 Å². The van der Waals surface area contributed by atoms with E-state index >= 15 is 0 Å². The van der Waals surface area contributed by atoms with E-state index in [2.05, 4.69) is 25.9 Å². The van der Waals surface area contributed by atoms with E-state index in [1.54, 1.807) is 10.9 Å². The van der Waals surface area contributed by atoms with Crippen molar-refractivity contribution in [3.05, 3.63) is 40.2 Å². The van der Waals surface area contributed by atoms with Crippen molar-refractivity contribution in [2.24, 2.45) is 0 Å². The molecule has 3 aromatic rings. The van der Waals surface area contributed by atoms with Crippen molar-refractivity contribution in [1.82, 2.24) is 20.0 Å². The minimum atomic E-state index is -0.759. The van der Waals surface area contributed by atoms with Crippen molar-refractivity contribution in [3.63, 3.8) is 0 Å². The van der Waals surface area contributed by atoms with Crippen molar-refractivity contribution < 1.29 is 18.7 Å². The highest BCUT2D eigenvalue weighted by molar-refractivity contribution is 7.17. The Bertz CT molecular complexity index is 1100. The molecule has 0 aliphatic carbocycles. The van der Waals surface area contributed by atoms with Crippen molar-refractivity contribution in [1.29, 1.82) is 0 Å². The SMILES string of the molecule is COc1c(NC[C@H]2CCCO2)cc(C(=O)Nc2nnc(-n3nccc3C)s2)oc1=O. The normalized spacial score (nSPS) is 15.9. The fourth-order valence-electron chi connectivity index (χ4n) is 3.03. The molecule has 1 aliphatic heterocycles. The Hall–Kier alpha value is -3.25. The Balaban J connectivity index is 1.51. The van der Waals surface area contributed by atoms with Crippen LogP contribution in [0.5, 0.6) is 5.75 Å². The predicted octanol–water partition coefficient (Wildman–Crippen LogP) is 1.84. The van der Waals surface area contributed by atoms with Gasteiger partial charge in [-0.05, 0) is 25.8 Å². The van der Waals surface area contributed by atoms with Gasteiger partial charge in [0.2, 0.25) is 16.0 Å². The number of ether oxygens (including phenoxy) is 2. The largest absolute Gasteiger partial charge is 0.488 e. The molecule has 1 atom stereocenters. The number of amides is 1. The average molecular weight is 432 g/mol. The minimum absolute atomic E-state index is 0.00286. The van der Waals surface area contributed by atoms with E-state index in [0.29, 0.717) is 17.4 Å². The molecule has 0 radical (unpaired) electrons. The number of aromatic nitrogens is 4. The summed E-state index contributed by atoms with van der Waals surface area (Å²) in [5.41, 5.74) is 0.483. The van der Waals surface area contributed by atoms with Crippen LogP contribution in [0.2, 0.25) is 0 Å². The van der Waals surface area contributed by atoms with Crippen LogP contribution in [-0.2, 0) is 4.74 Å². The zero-order valence-electron chi connectivity index (χ0n) is 16.4. The molecule has 0 spiro atoms. The van der Waals surface area contributed by atoms with E-state index in [4.69, 9.17) is 13.9 Å². The van der Waals surface area contributed by atoms with Crippen LogP contribution in [0, 0.1) is 6.92 Å². The van der Waals surface area contributed by atoms with Crippen LogP contribution < -0.4 is 21.0 Å². The van der Waals surface area contributed by atoms with Gasteiger partial charge in [0.05, 0.1) is 18.9 Å². The Labute approximate surface area is 175 Å². The molecule has 1 fully saturated rings. The summed E-state index contributed by atoms with van der Waals surface area (Å²) in [6, 6.07) is 3.25. The zero-order chi connectivity index (χ0) is 21.1. The molecule has 2 N–H and O–H groups in total. The fourth-order valence-corrected chi connectivity index (χ4v) is 3.79. The molecule has 0 aromatic carbocycles. The van der Waals surface area contributed by atoms with Crippen LogP contribution in [0.25, 0.3) is 5.13 Å². The van der Waals surface area contributed by atoms with Gasteiger partial charge in [0.1, 0.15) is 0 Å². The number of nitrogens with one attached hydrogen (secondary N) is 2. The van der Waals surface area contributed by atoms with Crippen LogP contribution >= 0.6 is 11.3 Å². The van der Waals surface area contributed by atoms with Crippen molar-refractivity contribution >= 4 is 28.1 Å². The van der Waals surface area contributed by atoms with E-state index < -0.39 is 11.5 Å². The molecule has 0 saturated carbocycles. The van der Waals surface area contributed by atoms with E-state index in [1.165, 1.54) is 13.2 Å². The molecule has 1 amide bonds. The van der Waals surface area contributed by atoms with Gasteiger partial charge < -0.3 is 19.2 Å². The number of methoxy groups -OCH3 is 1. The molecular formula is C18H20N6O5S. The van der Waals surface area contributed by atoms with Gasteiger partial charge in [-0.1, -0.05) is 11.3 Å². The molecule has 1 saturated heterocycles. The summed E-state index contributed by atoms with van der Waals surface area (Å²) in [5, 5.41) is 18.6. The highest BCUT2D eigenvalue weighted by Crippen LogP contribution is 2.24. The molecule has 158 valence electrons. The fraction of sp³-hybridized carbons (Fsp3) is 0.389. The van der Waals surface area contributed by atoms with Crippen LogP contribution in [0.1, 0.15) is 29.1 Å². The maximum atomic E-state index is 12.6. The number of aryl methyl sites for hydroxylation is 1. The lowest BCUT2D eigenvalue weighted by Crippen LogP contribution is -2.21. The molecule has 4 heterocycles. The molecule has 0 bridgehead atoms. The van der Waals surface area contributed by atoms with E-state index in [1.807, 2.05) is 13.0 Å². The minimum Gasteiger partial charge on any atom is -0.488 e.